The van der Waals surface area contributed by atoms with Crippen molar-refractivity contribution in [2.75, 3.05) is 20.1 Å². The van der Waals surface area contributed by atoms with Crippen molar-refractivity contribution in [3.63, 3.8) is 0 Å². The second-order valence-corrected chi connectivity index (χ2v) is 7.39. The average molecular weight is 388 g/mol. The highest BCUT2D eigenvalue weighted by molar-refractivity contribution is 9.10. The first-order valence-corrected chi connectivity index (χ1v) is 8.31. The van der Waals surface area contributed by atoms with Gasteiger partial charge in [0.25, 0.3) is 0 Å². The lowest BCUT2D eigenvalue weighted by Crippen LogP contribution is -2.47. The standard InChI is InChI=1S/C12H16BrFN2O2S.ClH/c1-15-10-3-2-6-16(8-10)19(17,18)12-5-4-9(13)7-11(12)14;/h4-5,7,10,15H,2-3,6,8H2,1H3;1H. The number of benzene rings is 1. The highest BCUT2D eigenvalue weighted by Gasteiger charge is 2.31. The minimum absolute atomic E-state index is 0. The van der Waals surface area contributed by atoms with Crippen LogP contribution < -0.4 is 5.32 Å². The largest absolute Gasteiger partial charge is 0.316 e. The van der Waals surface area contributed by atoms with E-state index in [1.54, 1.807) is 7.05 Å². The van der Waals surface area contributed by atoms with Crippen molar-refractivity contribution >= 4 is 38.4 Å². The predicted octanol–water partition coefficient (Wildman–Crippen LogP) is 2.38. The average Bonchev–Trinajstić information content (AvgIpc) is 2.38. The molecule has 0 saturated carbocycles. The van der Waals surface area contributed by atoms with Crippen LogP contribution in [0.25, 0.3) is 0 Å². The Hall–Kier alpha value is -0.210. The molecule has 1 atom stereocenters. The van der Waals surface area contributed by atoms with E-state index in [-0.39, 0.29) is 23.3 Å². The van der Waals surface area contributed by atoms with Crippen LogP contribution >= 0.6 is 28.3 Å². The molecule has 1 aliphatic rings. The number of rotatable bonds is 3. The zero-order valence-electron chi connectivity index (χ0n) is 11.0. The van der Waals surface area contributed by atoms with Gasteiger partial charge in [0.15, 0.2) is 0 Å². The molecule has 8 heteroatoms. The molecule has 1 N–H and O–H groups in total. The molecule has 0 amide bonds. The lowest BCUT2D eigenvalue weighted by molar-refractivity contribution is 0.292. The van der Waals surface area contributed by atoms with E-state index in [1.807, 2.05) is 0 Å². The Morgan fingerprint density at radius 3 is 2.75 bits per heavy atom. The minimum atomic E-state index is -3.75. The minimum Gasteiger partial charge on any atom is -0.316 e. The molecule has 1 unspecified atom stereocenters. The van der Waals surface area contributed by atoms with Crippen LogP contribution in [-0.4, -0.2) is 38.9 Å². The molecule has 1 heterocycles. The molecule has 114 valence electrons. The van der Waals surface area contributed by atoms with Gasteiger partial charge in [-0.3, -0.25) is 0 Å². The molecule has 0 spiro atoms. The van der Waals surface area contributed by atoms with Gasteiger partial charge in [-0.1, -0.05) is 15.9 Å². The predicted molar refractivity (Wildman–Crippen MR) is 82.2 cm³/mol. The number of nitrogens with one attached hydrogen (secondary N) is 1. The monoisotopic (exact) mass is 386 g/mol. The summed E-state index contributed by atoms with van der Waals surface area (Å²) in [5.74, 6) is -0.721. The van der Waals surface area contributed by atoms with E-state index in [9.17, 15) is 12.8 Å². The lowest BCUT2D eigenvalue weighted by Gasteiger charge is -2.31. The SMILES string of the molecule is CNC1CCCN(S(=O)(=O)c2ccc(Br)cc2F)C1.Cl. The number of hydrogen-bond acceptors (Lipinski definition) is 3. The van der Waals surface area contributed by atoms with Crippen LogP contribution in [0.4, 0.5) is 4.39 Å². The summed E-state index contributed by atoms with van der Waals surface area (Å²) < 4.78 is 40.6. The van der Waals surface area contributed by atoms with Crippen LogP contribution in [0.3, 0.4) is 0 Å². The summed E-state index contributed by atoms with van der Waals surface area (Å²) in [6, 6.07) is 4.14. The Balaban J connectivity index is 0.00000200. The van der Waals surface area contributed by atoms with Crippen molar-refractivity contribution in [2.24, 2.45) is 0 Å². The van der Waals surface area contributed by atoms with Crippen LogP contribution in [0, 0.1) is 5.82 Å². The van der Waals surface area contributed by atoms with Gasteiger partial charge >= 0.3 is 0 Å². The summed E-state index contributed by atoms with van der Waals surface area (Å²) >= 11 is 3.12. The van der Waals surface area contributed by atoms with Crippen LogP contribution in [0.5, 0.6) is 0 Å². The highest BCUT2D eigenvalue weighted by atomic mass is 79.9. The first-order chi connectivity index (χ1) is 8.95. The lowest BCUT2D eigenvalue weighted by atomic mass is 10.1. The third-order valence-electron chi connectivity index (χ3n) is 3.30. The van der Waals surface area contributed by atoms with Crippen molar-refractivity contribution in [2.45, 2.75) is 23.8 Å². The molecule has 0 aliphatic carbocycles. The number of likely N-dealkylation sites (N-methyl/N-ethyl adjacent to an activating group) is 1. The molecule has 1 aromatic rings. The maximum absolute atomic E-state index is 13.8. The molecule has 1 saturated heterocycles. The second-order valence-electron chi connectivity index (χ2n) is 4.57. The molecule has 1 aliphatic heterocycles. The molecule has 20 heavy (non-hydrogen) atoms. The Morgan fingerprint density at radius 2 is 2.15 bits per heavy atom. The van der Waals surface area contributed by atoms with E-state index in [0.717, 1.165) is 12.8 Å². The quantitative estimate of drug-likeness (QED) is 0.866. The highest BCUT2D eigenvalue weighted by Crippen LogP contribution is 2.25. The Labute approximate surface area is 133 Å². The fourth-order valence-corrected chi connectivity index (χ4v) is 4.12. The molecule has 0 aromatic heterocycles. The van der Waals surface area contributed by atoms with Gasteiger partial charge < -0.3 is 5.32 Å². The molecule has 4 nitrogen and oxygen atoms in total. The van der Waals surface area contributed by atoms with Gasteiger partial charge in [-0.2, -0.15) is 4.31 Å². The molecule has 2 rings (SSSR count). The molecule has 1 fully saturated rings. The Kier molecular flexibility index (Phi) is 6.40. The van der Waals surface area contributed by atoms with Crippen molar-refractivity contribution < 1.29 is 12.8 Å². The Bertz CT molecular complexity index is 571. The number of hydrogen-bond donors (Lipinski definition) is 1. The molecular weight excluding hydrogens is 371 g/mol. The molecule has 0 bridgehead atoms. The van der Waals surface area contributed by atoms with Gasteiger partial charge in [0.2, 0.25) is 10.0 Å². The summed E-state index contributed by atoms with van der Waals surface area (Å²) in [6.45, 7) is 0.824. The first kappa shape index (κ1) is 17.8. The maximum Gasteiger partial charge on any atom is 0.246 e. The molecular formula is C12H17BrClFN2O2S. The summed E-state index contributed by atoms with van der Waals surface area (Å²) in [6.07, 6.45) is 1.72. The van der Waals surface area contributed by atoms with Gasteiger partial charge in [-0.15, -0.1) is 12.4 Å². The summed E-state index contributed by atoms with van der Waals surface area (Å²) in [5.41, 5.74) is 0. The van der Waals surface area contributed by atoms with Gasteiger partial charge in [0, 0.05) is 23.6 Å². The van der Waals surface area contributed by atoms with Crippen LogP contribution in [0.2, 0.25) is 0 Å². The van der Waals surface area contributed by atoms with Crippen molar-refractivity contribution in [1.29, 1.82) is 0 Å². The van der Waals surface area contributed by atoms with Crippen LogP contribution in [-0.2, 0) is 10.0 Å². The summed E-state index contributed by atoms with van der Waals surface area (Å²) in [7, 11) is -1.95. The van der Waals surface area contributed by atoms with E-state index in [2.05, 4.69) is 21.2 Å². The third kappa shape index (κ3) is 3.71. The smallest absolute Gasteiger partial charge is 0.246 e. The fraction of sp³-hybridized carbons (Fsp3) is 0.500. The molecule has 0 radical (unpaired) electrons. The second kappa shape index (κ2) is 7.17. The van der Waals surface area contributed by atoms with Gasteiger partial charge in [0.05, 0.1) is 0 Å². The van der Waals surface area contributed by atoms with Crippen molar-refractivity contribution in [3.8, 4) is 0 Å². The number of halogens is 3. The number of sulfonamides is 1. The van der Waals surface area contributed by atoms with Crippen LogP contribution in [0.1, 0.15) is 12.8 Å². The van der Waals surface area contributed by atoms with Crippen molar-refractivity contribution in [1.82, 2.24) is 9.62 Å². The zero-order valence-corrected chi connectivity index (χ0v) is 14.2. The maximum atomic E-state index is 13.8. The van der Waals surface area contributed by atoms with Gasteiger partial charge in [0.1, 0.15) is 10.7 Å². The summed E-state index contributed by atoms with van der Waals surface area (Å²) in [4.78, 5) is -0.257. The normalized spacial score (nSPS) is 20.4. The fourth-order valence-electron chi connectivity index (χ4n) is 2.22. The van der Waals surface area contributed by atoms with E-state index in [4.69, 9.17) is 0 Å². The van der Waals surface area contributed by atoms with Gasteiger partial charge in [-0.05, 0) is 38.1 Å². The van der Waals surface area contributed by atoms with E-state index in [0.29, 0.717) is 17.6 Å². The van der Waals surface area contributed by atoms with Crippen LogP contribution in [0.15, 0.2) is 27.6 Å². The van der Waals surface area contributed by atoms with E-state index < -0.39 is 15.8 Å². The van der Waals surface area contributed by atoms with Gasteiger partial charge in [-0.25, -0.2) is 12.8 Å². The zero-order chi connectivity index (χ0) is 14.0. The number of piperidine rings is 1. The first-order valence-electron chi connectivity index (χ1n) is 6.07. The van der Waals surface area contributed by atoms with E-state index in [1.165, 1.54) is 22.5 Å². The Morgan fingerprint density at radius 1 is 1.45 bits per heavy atom. The molecule has 1 aromatic carbocycles. The third-order valence-corrected chi connectivity index (χ3v) is 5.70. The van der Waals surface area contributed by atoms with Crippen molar-refractivity contribution in [3.05, 3.63) is 28.5 Å². The number of nitrogens with zero attached hydrogens (tertiary/aromatic N) is 1. The summed E-state index contributed by atoms with van der Waals surface area (Å²) in [5, 5.41) is 3.07. The topological polar surface area (TPSA) is 49.4 Å². The van der Waals surface area contributed by atoms with E-state index >= 15 is 0 Å².